The molecule has 132 valence electrons. The lowest BCUT2D eigenvalue weighted by atomic mass is 10.2. The van der Waals surface area contributed by atoms with Crippen LogP contribution in [0, 0.1) is 0 Å². The summed E-state index contributed by atoms with van der Waals surface area (Å²) >= 11 is 5.12. The van der Waals surface area contributed by atoms with Crippen LogP contribution in [0.4, 0.5) is 5.69 Å². The summed E-state index contributed by atoms with van der Waals surface area (Å²) in [5, 5.41) is 14.9. The Morgan fingerprint density at radius 1 is 1.16 bits per heavy atom. The smallest absolute Gasteiger partial charge is 0.257 e. The van der Waals surface area contributed by atoms with Gasteiger partial charge in [-0.1, -0.05) is 6.07 Å². The lowest BCUT2D eigenvalue weighted by Gasteiger charge is -2.11. The number of thiocarbonyl (C=S) groups is 1. The molecule has 0 unspecified atom stereocenters. The summed E-state index contributed by atoms with van der Waals surface area (Å²) in [4.78, 5) is 12.3. The van der Waals surface area contributed by atoms with Crippen molar-refractivity contribution in [3.63, 3.8) is 0 Å². The Labute approximate surface area is 151 Å². The van der Waals surface area contributed by atoms with Crippen LogP contribution in [0.25, 0.3) is 0 Å². The Morgan fingerprint density at radius 2 is 1.92 bits per heavy atom. The zero-order valence-corrected chi connectivity index (χ0v) is 14.6. The fraction of sp³-hybridized carbons (Fsp3) is 0.222. The standard InChI is InChI=1S/C18H20N2O4S/c1-2-23-10-11-24-16-5-3-4-13(12-16)17(22)20-18(25)19-14-6-8-15(21)9-7-14/h3-9,12,21H,2,10-11H2,1H3,(H2,19,20,22,25). The van der Waals surface area contributed by atoms with Crippen LogP contribution < -0.4 is 15.4 Å². The van der Waals surface area contributed by atoms with Crippen molar-refractivity contribution in [3.05, 3.63) is 54.1 Å². The van der Waals surface area contributed by atoms with Gasteiger partial charge in [-0.25, -0.2) is 0 Å². The monoisotopic (exact) mass is 360 g/mol. The van der Waals surface area contributed by atoms with Gasteiger partial charge in [0, 0.05) is 17.9 Å². The van der Waals surface area contributed by atoms with E-state index in [9.17, 15) is 9.90 Å². The highest BCUT2D eigenvalue weighted by Crippen LogP contribution is 2.15. The van der Waals surface area contributed by atoms with E-state index in [2.05, 4.69) is 10.6 Å². The van der Waals surface area contributed by atoms with E-state index in [1.54, 1.807) is 36.4 Å². The van der Waals surface area contributed by atoms with Gasteiger partial charge >= 0.3 is 0 Å². The molecule has 2 aromatic rings. The van der Waals surface area contributed by atoms with E-state index in [0.29, 0.717) is 36.8 Å². The van der Waals surface area contributed by atoms with Gasteiger partial charge in [-0.2, -0.15) is 0 Å². The number of phenols is 1. The number of hydrogen-bond acceptors (Lipinski definition) is 5. The molecular weight excluding hydrogens is 340 g/mol. The second-order valence-electron chi connectivity index (χ2n) is 5.03. The molecule has 0 aromatic heterocycles. The van der Waals surface area contributed by atoms with Crippen LogP contribution in [0.3, 0.4) is 0 Å². The molecule has 0 spiro atoms. The normalized spacial score (nSPS) is 10.1. The van der Waals surface area contributed by atoms with Crippen molar-refractivity contribution in [1.82, 2.24) is 5.32 Å². The van der Waals surface area contributed by atoms with Gasteiger partial charge in [-0.15, -0.1) is 0 Å². The number of aromatic hydroxyl groups is 1. The van der Waals surface area contributed by atoms with Crippen molar-refractivity contribution >= 4 is 28.9 Å². The Kier molecular flexibility index (Phi) is 7.18. The van der Waals surface area contributed by atoms with Crippen molar-refractivity contribution < 1.29 is 19.4 Å². The molecule has 0 aliphatic rings. The Hall–Kier alpha value is -2.64. The highest BCUT2D eigenvalue weighted by atomic mass is 32.1. The first-order chi connectivity index (χ1) is 12.1. The van der Waals surface area contributed by atoms with Gasteiger partial charge in [-0.3, -0.25) is 10.1 Å². The van der Waals surface area contributed by atoms with Crippen LogP contribution in [0.5, 0.6) is 11.5 Å². The molecule has 0 heterocycles. The first kappa shape index (κ1) is 18.7. The zero-order valence-electron chi connectivity index (χ0n) is 13.8. The van der Waals surface area contributed by atoms with E-state index in [4.69, 9.17) is 21.7 Å². The number of anilines is 1. The molecule has 25 heavy (non-hydrogen) atoms. The number of phenolic OH excluding ortho intramolecular Hbond substituents is 1. The molecule has 0 bridgehead atoms. The molecule has 6 nitrogen and oxygen atoms in total. The average Bonchev–Trinajstić information content (AvgIpc) is 2.61. The van der Waals surface area contributed by atoms with Crippen LogP contribution in [0.15, 0.2) is 48.5 Å². The first-order valence-corrected chi connectivity index (χ1v) is 8.21. The fourth-order valence-electron chi connectivity index (χ4n) is 1.97. The van der Waals surface area contributed by atoms with Crippen LogP contribution in [-0.4, -0.2) is 35.9 Å². The minimum atomic E-state index is -0.341. The average molecular weight is 360 g/mol. The third-order valence-corrected chi connectivity index (χ3v) is 3.35. The molecule has 0 aliphatic heterocycles. The summed E-state index contributed by atoms with van der Waals surface area (Å²) in [6.45, 7) is 3.46. The van der Waals surface area contributed by atoms with Crippen molar-refractivity contribution in [2.24, 2.45) is 0 Å². The maximum absolute atomic E-state index is 12.3. The molecule has 0 saturated heterocycles. The molecule has 0 saturated carbocycles. The summed E-state index contributed by atoms with van der Waals surface area (Å²) < 4.78 is 10.7. The number of carbonyl (C=O) groups is 1. The maximum atomic E-state index is 12.3. The van der Waals surface area contributed by atoms with E-state index >= 15 is 0 Å². The molecule has 2 rings (SSSR count). The lowest BCUT2D eigenvalue weighted by molar-refractivity contribution is 0.0976. The third-order valence-electron chi connectivity index (χ3n) is 3.15. The molecule has 2 aromatic carbocycles. The van der Waals surface area contributed by atoms with E-state index in [1.165, 1.54) is 12.1 Å². The van der Waals surface area contributed by atoms with Gasteiger partial charge in [-0.05, 0) is 61.6 Å². The minimum absolute atomic E-state index is 0.154. The van der Waals surface area contributed by atoms with Gasteiger partial charge in [0.15, 0.2) is 5.11 Å². The molecular formula is C18H20N2O4S. The molecule has 0 radical (unpaired) electrons. The van der Waals surface area contributed by atoms with Gasteiger partial charge < -0.3 is 19.9 Å². The van der Waals surface area contributed by atoms with Crippen molar-refractivity contribution in [2.75, 3.05) is 25.1 Å². The number of ether oxygens (including phenoxy) is 2. The number of amides is 1. The third kappa shape index (κ3) is 6.40. The highest BCUT2D eigenvalue weighted by molar-refractivity contribution is 7.80. The lowest BCUT2D eigenvalue weighted by Crippen LogP contribution is -2.34. The molecule has 0 aliphatic carbocycles. The van der Waals surface area contributed by atoms with Gasteiger partial charge in [0.05, 0.1) is 6.61 Å². The van der Waals surface area contributed by atoms with Crippen LogP contribution in [0.1, 0.15) is 17.3 Å². The first-order valence-electron chi connectivity index (χ1n) is 7.80. The van der Waals surface area contributed by atoms with Gasteiger partial charge in [0.25, 0.3) is 5.91 Å². The molecule has 0 atom stereocenters. The highest BCUT2D eigenvalue weighted by Gasteiger charge is 2.09. The topological polar surface area (TPSA) is 79.8 Å². The number of rotatable bonds is 7. The van der Waals surface area contributed by atoms with Crippen molar-refractivity contribution in [3.8, 4) is 11.5 Å². The second-order valence-corrected chi connectivity index (χ2v) is 5.44. The summed E-state index contributed by atoms with van der Waals surface area (Å²) in [6.07, 6.45) is 0. The van der Waals surface area contributed by atoms with E-state index in [1.807, 2.05) is 6.92 Å². The Balaban J connectivity index is 1.89. The van der Waals surface area contributed by atoms with Crippen molar-refractivity contribution in [1.29, 1.82) is 0 Å². The Morgan fingerprint density at radius 3 is 2.64 bits per heavy atom. The SMILES string of the molecule is CCOCCOc1cccc(C(=O)NC(=S)Nc2ccc(O)cc2)c1. The summed E-state index contributed by atoms with van der Waals surface area (Å²) in [7, 11) is 0. The Bertz CT molecular complexity index is 719. The summed E-state index contributed by atoms with van der Waals surface area (Å²) in [5.41, 5.74) is 1.10. The van der Waals surface area contributed by atoms with E-state index < -0.39 is 0 Å². The molecule has 0 fully saturated rings. The fourth-order valence-corrected chi connectivity index (χ4v) is 2.18. The van der Waals surface area contributed by atoms with E-state index in [0.717, 1.165) is 0 Å². The number of hydrogen-bond donors (Lipinski definition) is 3. The summed E-state index contributed by atoms with van der Waals surface area (Å²) in [5.74, 6) is 0.401. The van der Waals surface area contributed by atoms with Gasteiger partial charge in [0.2, 0.25) is 0 Å². The predicted octanol–water partition coefficient (Wildman–Crippen LogP) is 2.93. The van der Waals surface area contributed by atoms with Crippen LogP contribution in [-0.2, 0) is 4.74 Å². The van der Waals surface area contributed by atoms with Crippen molar-refractivity contribution in [2.45, 2.75) is 6.92 Å². The van der Waals surface area contributed by atoms with Gasteiger partial charge in [0.1, 0.15) is 18.1 Å². The van der Waals surface area contributed by atoms with Crippen LogP contribution in [0.2, 0.25) is 0 Å². The largest absolute Gasteiger partial charge is 0.508 e. The molecule has 1 amide bonds. The maximum Gasteiger partial charge on any atom is 0.257 e. The predicted molar refractivity (Wildman–Crippen MR) is 100 cm³/mol. The number of benzene rings is 2. The quantitative estimate of drug-likeness (QED) is 0.400. The number of nitrogens with one attached hydrogen (secondary N) is 2. The van der Waals surface area contributed by atoms with E-state index in [-0.39, 0.29) is 16.8 Å². The number of carbonyl (C=O) groups excluding carboxylic acids is 1. The van der Waals surface area contributed by atoms with Crippen LogP contribution >= 0.6 is 12.2 Å². The zero-order chi connectivity index (χ0) is 18.1. The second kappa shape index (κ2) is 9.61. The minimum Gasteiger partial charge on any atom is -0.508 e. The molecule has 3 N–H and O–H groups in total. The summed E-state index contributed by atoms with van der Waals surface area (Å²) in [6, 6.07) is 13.2. The molecule has 7 heteroatoms.